The summed E-state index contributed by atoms with van der Waals surface area (Å²) >= 11 is 0. The first-order valence-electron chi connectivity index (χ1n) is 15.1. The number of esters is 2. The molecule has 0 aromatic heterocycles. The van der Waals surface area contributed by atoms with E-state index in [4.69, 9.17) is 9.47 Å². The minimum atomic E-state index is -0.281. The summed E-state index contributed by atoms with van der Waals surface area (Å²) in [5, 5.41) is 0. The lowest BCUT2D eigenvalue weighted by Gasteiger charge is -2.56. The van der Waals surface area contributed by atoms with Crippen molar-refractivity contribution < 1.29 is 19.1 Å². The van der Waals surface area contributed by atoms with E-state index < -0.39 is 0 Å². The van der Waals surface area contributed by atoms with Gasteiger partial charge in [-0.3, -0.25) is 19.4 Å². The van der Waals surface area contributed by atoms with E-state index >= 15 is 0 Å². The van der Waals surface area contributed by atoms with Gasteiger partial charge in [0.05, 0.1) is 12.8 Å². The van der Waals surface area contributed by atoms with E-state index in [0.717, 1.165) is 60.4 Å². The standard InChI is InChI=1S/C30H48N2O4/c1-31(29-23-11-19-9-20(13-23)14-24(29)12-19)5-7-35-27(33)3-4-28(34)36-8-6-32(2)30-25-15-21-10-22(17-25)18-26(30)16-21/h19-26,29-30H,3-18H2,1-2H3. The molecule has 0 heterocycles. The lowest BCUT2D eigenvalue weighted by atomic mass is 9.54. The number of nitrogens with zero attached hydrogens (tertiary/aromatic N) is 2. The molecule has 8 rings (SSSR count). The summed E-state index contributed by atoms with van der Waals surface area (Å²) < 4.78 is 11.0. The van der Waals surface area contributed by atoms with E-state index in [2.05, 4.69) is 23.9 Å². The fourth-order valence-corrected chi connectivity index (χ4v) is 10.5. The highest BCUT2D eigenvalue weighted by Crippen LogP contribution is 2.56. The molecule has 0 atom stereocenters. The molecule has 0 N–H and O–H groups in total. The maximum absolute atomic E-state index is 12.2. The first-order chi connectivity index (χ1) is 17.4. The number of rotatable bonds is 11. The first kappa shape index (κ1) is 25.2. The zero-order valence-corrected chi connectivity index (χ0v) is 22.6. The fourth-order valence-electron chi connectivity index (χ4n) is 10.5. The summed E-state index contributed by atoms with van der Waals surface area (Å²) in [6.45, 7) is 2.42. The van der Waals surface area contributed by atoms with Crippen molar-refractivity contribution in [3.05, 3.63) is 0 Å². The summed E-state index contributed by atoms with van der Waals surface area (Å²) in [5.41, 5.74) is 0. The minimum Gasteiger partial charge on any atom is -0.464 e. The minimum absolute atomic E-state index is 0.117. The monoisotopic (exact) mass is 500 g/mol. The van der Waals surface area contributed by atoms with Crippen LogP contribution in [0, 0.1) is 47.3 Å². The van der Waals surface area contributed by atoms with Gasteiger partial charge < -0.3 is 9.47 Å². The van der Waals surface area contributed by atoms with Gasteiger partial charge in [0.1, 0.15) is 13.2 Å². The largest absolute Gasteiger partial charge is 0.464 e. The van der Waals surface area contributed by atoms with Gasteiger partial charge >= 0.3 is 11.9 Å². The maximum atomic E-state index is 12.2. The molecular weight excluding hydrogens is 452 g/mol. The lowest BCUT2D eigenvalue weighted by Crippen LogP contribution is -2.55. The van der Waals surface area contributed by atoms with Crippen LogP contribution >= 0.6 is 0 Å². The molecule has 202 valence electrons. The number of hydrogen-bond donors (Lipinski definition) is 0. The number of carbonyl (C=O) groups excluding carboxylic acids is 2. The van der Waals surface area contributed by atoms with Crippen LogP contribution in [0.15, 0.2) is 0 Å². The first-order valence-corrected chi connectivity index (χ1v) is 15.1. The Hall–Kier alpha value is -1.14. The summed E-state index contributed by atoms with van der Waals surface area (Å²) in [6, 6.07) is 1.34. The molecule has 8 saturated carbocycles. The summed E-state index contributed by atoms with van der Waals surface area (Å²) in [4.78, 5) is 29.4. The second-order valence-electron chi connectivity index (χ2n) is 13.7. The molecule has 0 radical (unpaired) electrons. The Kier molecular flexibility index (Phi) is 7.37. The quantitative estimate of drug-likeness (QED) is 0.393. The Labute approximate surface area is 217 Å². The second kappa shape index (κ2) is 10.6. The van der Waals surface area contributed by atoms with Crippen LogP contribution < -0.4 is 0 Å². The van der Waals surface area contributed by atoms with Gasteiger partial charge in [0.15, 0.2) is 0 Å². The van der Waals surface area contributed by atoms with Crippen LogP contribution in [0.5, 0.6) is 0 Å². The van der Waals surface area contributed by atoms with Crippen molar-refractivity contribution in [2.24, 2.45) is 47.3 Å². The van der Waals surface area contributed by atoms with E-state index in [1.165, 1.54) is 64.2 Å². The van der Waals surface area contributed by atoms with Gasteiger partial charge in [0, 0.05) is 25.2 Å². The molecule has 8 aliphatic rings. The second-order valence-corrected chi connectivity index (χ2v) is 13.7. The Morgan fingerprint density at radius 3 is 1.17 bits per heavy atom. The van der Waals surface area contributed by atoms with Gasteiger partial charge in [-0.15, -0.1) is 0 Å². The SMILES string of the molecule is CN(CCOC(=O)CCC(=O)OCCN(C)C1C2CC3CC(C2)CC1C3)C1C2CC3CC(C2)CC1C3. The van der Waals surface area contributed by atoms with Crippen LogP contribution in [0.1, 0.15) is 77.0 Å². The van der Waals surface area contributed by atoms with E-state index in [-0.39, 0.29) is 24.8 Å². The zero-order chi connectivity index (χ0) is 24.8. The highest BCUT2D eigenvalue weighted by Gasteiger charge is 2.50. The summed E-state index contributed by atoms with van der Waals surface area (Å²) in [6.07, 6.45) is 14.4. The molecule has 6 nitrogen and oxygen atoms in total. The van der Waals surface area contributed by atoms with Gasteiger partial charge in [-0.2, -0.15) is 0 Å². The van der Waals surface area contributed by atoms with Crippen LogP contribution in [-0.2, 0) is 19.1 Å². The van der Waals surface area contributed by atoms with Crippen LogP contribution in [0.4, 0.5) is 0 Å². The third-order valence-electron chi connectivity index (χ3n) is 11.3. The van der Waals surface area contributed by atoms with E-state index in [9.17, 15) is 9.59 Å². The Morgan fingerprint density at radius 2 is 0.861 bits per heavy atom. The van der Waals surface area contributed by atoms with Crippen LogP contribution in [-0.4, -0.2) is 74.2 Å². The predicted molar refractivity (Wildman–Crippen MR) is 138 cm³/mol. The van der Waals surface area contributed by atoms with Crippen molar-refractivity contribution in [2.45, 2.75) is 89.1 Å². The predicted octanol–water partition coefficient (Wildman–Crippen LogP) is 4.37. The molecule has 8 bridgehead atoms. The van der Waals surface area contributed by atoms with Gasteiger partial charge in [-0.1, -0.05) is 0 Å². The fraction of sp³-hybridized carbons (Fsp3) is 0.933. The van der Waals surface area contributed by atoms with Gasteiger partial charge in [-0.25, -0.2) is 0 Å². The zero-order valence-electron chi connectivity index (χ0n) is 22.6. The molecule has 0 spiro atoms. The van der Waals surface area contributed by atoms with Crippen molar-refractivity contribution >= 4 is 11.9 Å². The smallest absolute Gasteiger partial charge is 0.306 e. The molecule has 0 amide bonds. The maximum Gasteiger partial charge on any atom is 0.306 e. The third-order valence-corrected chi connectivity index (χ3v) is 11.3. The number of hydrogen-bond acceptors (Lipinski definition) is 6. The highest BCUT2D eigenvalue weighted by atomic mass is 16.5. The molecule has 6 heteroatoms. The van der Waals surface area contributed by atoms with Gasteiger partial charge in [-0.05, 0) is 126 Å². The molecule has 0 unspecified atom stereocenters. The molecule has 0 saturated heterocycles. The lowest BCUT2D eigenvalue weighted by molar-refractivity contribution is -0.151. The molecular formula is C30H48N2O4. The summed E-state index contributed by atoms with van der Waals surface area (Å²) in [7, 11) is 4.41. The summed E-state index contributed by atoms with van der Waals surface area (Å²) in [5.74, 6) is 6.74. The van der Waals surface area contributed by atoms with E-state index in [1.54, 1.807) is 0 Å². The van der Waals surface area contributed by atoms with Crippen LogP contribution in [0.3, 0.4) is 0 Å². The van der Waals surface area contributed by atoms with Crippen LogP contribution in [0.25, 0.3) is 0 Å². The van der Waals surface area contributed by atoms with Crippen molar-refractivity contribution in [1.29, 1.82) is 0 Å². The Morgan fingerprint density at radius 1 is 0.556 bits per heavy atom. The molecule has 0 aliphatic heterocycles. The molecule has 8 fully saturated rings. The highest BCUT2D eigenvalue weighted by molar-refractivity contribution is 5.77. The van der Waals surface area contributed by atoms with Gasteiger partial charge in [0.2, 0.25) is 0 Å². The molecule has 36 heavy (non-hydrogen) atoms. The topological polar surface area (TPSA) is 59.1 Å². The third kappa shape index (κ3) is 5.23. The number of likely N-dealkylation sites (N-methyl/N-ethyl adjacent to an activating group) is 2. The Balaban J connectivity index is 0.841. The molecule has 0 aromatic carbocycles. The van der Waals surface area contributed by atoms with E-state index in [0.29, 0.717) is 25.3 Å². The Bertz CT molecular complexity index is 693. The van der Waals surface area contributed by atoms with Crippen LogP contribution in [0.2, 0.25) is 0 Å². The average Bonchev–Trinajstić information content (AvgIpc) is 2.81. The van der Waals surface area contributed by atoms with Crippen molar-refractivity contribution in [1.82, 2.24) is 9.80 Å². The van der Waals surface area contributed by atoms with Crippen molar-refractivity contribution in [3.8, 4) is 0 Å². The van der Waals surface area contributed by atoms with E-state index in [1.807, 2.05) is 0 Å². The normalized spacial score (nSPS) is 41.9. The van der Waals surface area contributed by atoms with Crippen molar-refractivity contribution in [2.75, 3.05) is 40.4 Å². The van der Waals surface area contributed by atoms with Gasteiger partial charge in [0.25, 0.3) is 0 Å². The van der Waals surface area contributed by atoms with Crippen molar-refractivity contribution in [3.63, 3.8) is 0 Å². The number of ether oxygens (including phenoxy) is 2. The molecule has 0 aromatic rings. The molecule has 8 aliphatic carbocycles. The average molecular weight is 501 g/mol. The number of carbonyl (C=O) groups is 2.